The quantitative estimate of drug-likeness (QED) is 0.601. The van der Waals surface area contributed by atoms with Crippen LogP contribution in [0.15, 0.2) is 59.6 Å². The van der Waals surface area contributed by atoms with Crippen LogP contribution in [0.1, 0.15) is 31.4 Å². The van der Waals surface area contributed by atoms with Crippen LogP contribution in [0.3, 0.4) is 0 Å². The summed E-state index contributed by atoms with van der Waals surface area (Å²) in [7, 11) is 5.65. The van der Waals surface area contributed by atoms with E-state index < -0.39 is 5.60 Å². The maximum absolute atomic E-state index is 11.6. The van der Waals surface area contributed by atoms with Crippen LogP contribution in [0, 0.1) is 5.92 Å². The highest BCUT2D eigenvalue weighted by molar-refractivity contribution is 8.14. The third-order valence-electron chi connectivity index (χ3n) is 6.73. The van der Waals surface area contributed by atoms with E-state index in [1.54, 1.807) is 18.9 Å². The highest BCUT2D eigenvalue weighted by atomic mass is 32.2. The number of rotatable bonds is 8. The molecule has 0 amide bonds. The molecule has 0 aromatic heterocycles. The van der Waals surface area contributed by atoms with Gasteiger partial charge in [-0.15, -0.1) is 0 Å². The number of aryl methyl sites for hydroxylation is 1. The van der Waals surface area contributed by atoms with Crippen molar-refractivity contribution in [2.75, 3.05) is 21.2 Å². The molecule has 0 aliphatic carbocycles. The number of methoxy groups -OCH3 is 1. The molecule has 4 rings (SSSR count). The Morgan fingerprint density at radius 3 is 2.44 bits per heavy atom. The Labute approximate surface area is 207 Å². The van der Waals surface area contributed by atoms with E-state index in [1.165, 1.54) is 0 Å². The molecule has 2 aromatic rings. The minimum Gasteiger partial charge on any atom is -0.497 e. The monoisotopic (exact) mass is 484 g/mol. The Morgan fingerprint density at radius 2 is 1.79 bits per heavy atom. The molecular formula is C27H36N2O4S. The number of hydrogen-bond acceptors (Lipinski definition) is 7. The summed E-state index contributed by atoms with van der Waals surface area (Å²) >= 11 is 1.62. The van der Waals surface area contributed by atoms with Crippen molar-refractivity contribution in [3.8, 4) is 5.75 Å². The number of aliphatic hydroxyl groups is 1. The molecule has 1 unspecified atom stereocenters. The first-order valence-electron chi connectivity index (χ1n) is 11.9. The summed E-state index contributed by atoms with van der Waals surface area (Å²) in [5, 5.41) is 12.5. The lowest BCUT2D eigenvalue weighted by Gasteiger charge is -2.47. The lowest BCUT2D eigenvalue weighted by atomic mass is 9.79. The minimum atomic E-state index is -1.01. The third-order valence-corrected chi connectivity index (χ3v) is 8.04. The number of nitrogens with zero attached hydrogens (tertiary/aromatic N) is 2. The molecule has 1 saturated heterocycles. The number of thioether (sulfide) groups is 1. The van der Waals surface area contributed by atoms with Crippen molar-refractivity contribution in [1.82, 2.24) is 4.90 Å². The highest BCUT2D eigenvalue weighted by Gasteiger charge is 2.53. The van der Waals surface area contributed by atoms with Gasteiger partial charge in [-0.1, -0.05) is 61.2 Å². The van der Waals surface area contributed by atoms with Crippen molar-refractivity contribution < 1.29 is 19.3 Å². The first-order chi connectivity index (χ1) is 16.3. The number of benzene rings is 2. The van der Waals surface area contributed by atoms with Crippen LogP contribution < -0.4 is 4.74 Å². The number of amidine groups is 1. The lowest BCUT2D eigenvalue weighted by Crippen LogP contribution is -2.58. The van der Waals surface area contributed by atoms with Gasteiger partial charge in [0.05, 0.1) is 31.5 Å². The Balaban J connectivity index is 1.50. The van der Waals surface area contributed by atoms with E-state index in [-0.39, 0.29) is 29.6 Å². The second-order valence-corrected chi connectivity index (χ2v) is 10.7. The predicted molar refractivity (Wildman–Crippen MR) is 137 cm³/mol. The molecule has 0 bridgehead atoms. The van der Waals surface area contributed by atoms with E-state index in [9.17, 15) is 5.11 Å². The average molecular weight is 485 g/mol. The zero-order valence-corrected chi connectivity index (χ0v) is 21.5. The smallest absolute Gasteiger partial charge is 0.161 e. The summed E-state index contributed by atoms with van der Waals surface area (Å²) in [5.41, 5.74) is 1.10. The van der Waals surface area contributed by atoms with E-state index in [0.717, 1.165) is 28.5 Å². The second-order valence-electron chi connectivity index (χ2n) is 9.67. The predicted octanol–water partition coefficient (Wildman–Crippen LogP) is 4.36. The molecule has 1 N–H and O–H groups in total. The molecule has 0 radical (unpaired) electrons. The van der Waals surface area contributed by atoms with Gasteiger partial charge < -0.3 is 24.2 Å². The minimum absolute atomic E-state index is 0.0262. The fourth-order valence-corrected chi connectivity index (χ4v) is 5.90. The van der Waals surface area contributed by atoms with Crippen LogP contribution in [-0.2, 0) is 22.5 Å². The maximum Gasteiger partial charge on any atom is 0.161 e. The number of ether oxygens (including phenoxy) is 3. The van der Waals surface area contributed by atoms with Crippen LogP contribution in [0.5, 0.6) is 5.75 Å². The fraction of sp³-hybridized carbons (Fsp3) is 0.519. The van der Waals surface area contributed by atoms with Gasteiger partial charge in [0, 0.05) is 20.0 Å². The zero-order valence-electron chi connectivity index (χ0n) is 20.7. The van der Waals surface area contributed by atoms with Crippen LogP contribution >= 0.6 is 11.8 Å². The summed E-state index contributed by atoms with van der Waals surface area (Å²) in [4.78, 5) is 6.96. The van der Waals surface area contributed by atoms with Crippen LogP contribution in [0.4, 0.5) is 0 Å². The Hall–Kier alpha value is -2.06. The van der Waals surface area contributed by atoms with Gasteiger partial charge >= 0.3 is 0 Å². The molecule has 7 heteroatoms. The van der Waals surface area contributed by atoms with Crippen molar-refractivity contribution in [2.24, 2.45) is 10.9 Å². The van der Waals surface area contributed by atoms with Gasteiger partial charge in [-0.3, -0.25) is 4.99 Å². The maximum atomic E-state index is 11.6. The first kappa shape index (κ1) is 25.0. The topological polar surface area (TPSA) is 63.5 Å². The third kappa shape index (κ3) is 5.60. The van der Waals surface area contributed by atoms with Crippen molar-refractivity contribution in [1.29, 1.82) is 0 Å². The SMILES string of the molecule is COc1ccc(CCC(C)(O)[C@H]2O[C@@H]3SC(N(C)C)=N[C@@H]3[C@@H](OCc3ccccc3)[C@@H]2C)cc1. The zero-order chi connectivity index (χ0) is 24.3. The number of hydrogen-bond donors (Lipinski definition) is 1. The Morgan fingerprint density at radius 1 is 1.09 bits per heavy atom. The van der Waals surface area contributed by atoms with Crippen LogP contribution in [-0.4, -0.2) is 65.7 Å². The molecule has 2 aliphatic rings. The van der Waals surface area contributed by atoms with Crippen molar-refractivity contribution in [3.05, 3.63) is 65.7 Å². The van der Waals surface area contributed by atoms with Crippen LogP contribution in [0.2, 0.25) is 0 Å². The van der Waals surface area contributed by atoms with Crippen molar-refractivity contribution in [2.45, 2.75) is 62.6 Å². The van der Waals surface area contributed by atoms with Gasteiger partial charge in [-0.2, -0.15) is 0 Å². The fourth-order valence-electron chi connectivity index (χ4n) is 4.76. The molecule has 2 heterocycles. The molecule has 2 aliphatic heterocycles. The standard InChI is InChI=1S/C27H36N2O4S/c1-18-23(32-17-20-9-7-6-8-10-20)22-25(34-26(28-22)29(3)4)33-24(18)27(2,30)16-15-19-11-13-21(31-5)14-12-19/h6-14,18,22-25,30H,15-17H2,1-5H3/t18-,22+,23-,24-,25+,27?/m0/s1. The molecule has 1 fully saturated rings. The highest BCUT2D eigenvalue weighted by Crippen LogP contribution is 2.44. The molecule has 184 valence electrons. The Bertz CT molecular complexity index is 964. The molecule has 34 heavy (non-hydrogen) atoms. The number of fused-ring (bicyclic) bond motifs is 1. The number of aliphatic imine (C=N–C) groups is 1. The first-order valence-corrected chi connectivity index (χ1v) is 12.7. The largest absolute Gasteiger partial charge is 0.497 e. The van der Waals surface area contributed by atoms with Crippen molar-refractivity contribution in [3.63, 3.8) is 0 Å². The molecule has 2 aromatic carbocycles. The summed E-state index contributed by atoms with van der Waals surface area (Å²) in [6.07, 6.45) is 0.821. The van der Waals surface area contributed by atoms with Crippen molar-refractivity contribution >= 4 is 16.9 Å². The summed E-state index contributed by atoms with van der Waals surface area (Å²) in [5.74, 6) is 0.806. The van der Waals surface area contributed by atoms with Gasteiger partial charge in [-0.05, 0) is 43.0 Å². The van der Waals surface area contributed by atoms with Gasteiger partial charge in [0.15, 0.2) is 5.17 Å². The van der Waals surface area contributed by atoms with E-state index in [0.29, 0.717) is 13.0 Å². The average Bonchev–Trinajstić information content (AvgIpc) is 3.27. The van der Waals surface area contributed by atoms with Gasteiger partial charge in [-0.25, -0.2) is 0 Å². The molecule has 0 saturated carbocycles. The summed E-state index contributed by atoms with van der Waals surface area (Å²) in [6.45, 7) is 4.52. The Kier molecular flexibility index (Phi) is 7.87. The summed E-state index contributed by atoms with van der Waals surface area (Å²) < 4.78 is 18.3. The normalized spacial score (nSPS) is 28.1. The van der Waals surface area contributed by atoms with Crippen LogP contribution in [0.25, 0.3) is 0 Å². The molecule has 6 atom stereocenters. The van der Waals surface area contributed by atoms with E-state index >= 15 is 0 Å². The lowest BCUT2D eigenvalue weighted by molar-refractivity contribution is -0.199. The molecule has 6 nitrogen and oxygen atoms in total. The van der Waals surface area contributed by atoms with Gasteiger partial charge in [0.1, 0.15) is 17.2 Å². The molecular weight excluding hydrogens is 448 g/mol. The van der Waals surface area contributed by atoms with E-state index in [2.05, 4.69) is 19.1 Å². The van der Waals surface area contributed by atoms with E-state index in [4.69, 9.17) is 19.2 Å². The van der Waals surface area contributed by atoms with Gasteiger partial charge in [0.2, 0.25) is 0 Å². The van der Waals surface area contributed by atoms with E-state index in [1.807, 2.05) is 68.4 Å². The summed E-state index contributed by atoms with van der Waals surface area (Å²) in [6, 6.07) is 18.1. The second kappa shape index (κ2) is 10.7. The van der Waals surface area contributed by atoms with Gasteiger partial charge in [0.25, 0.3) is 0 Å². The molecule has 0 spiro atoms.